The molecule has 0 saturated heterocycles. The summed E-state index contributed by atoms with van der Waals surface area (Å²) in [5.41, 5.74) is 2.64. The van der Waals surface area contributed by atoms with E-state index in [1.165, 1.54) is 16.5 Å². The van der Waals surface area contributed by atoms with Crippen molar-refractivity contribution in [3.05, 3.63) is 71.0 Å². The Morgan fingerprint density at radius 3 is 2.45 bits per heavy atom. The van der Waals surface area contributed by atoms with Gasteiger partial charge in [-0.2, -0.15) is 0 Å². The number of benzene rings is 2. The maximum atomic E-state index is 14.2. The predicted molar refractivity (Wildman–Crippen MR) is 114 cm³/mol. The fraction of sp³-hybridized carbons (Fsp3) is 0.417. The van der Waals surface area contributed by atoms with Crippen LogP contribution in [0.1, 0.15) is 49.8 Å². The molecule has 0 radical (unpaired) electrons. The highest BCUT2D eigenvalue weighted by molar-refractivity contribution is 5.87. The summed E-state index contributed by atoms with van der Waals surface area (Å²) in [4.78, 5) is 27.0. The molecule has 2 rings (SSSR count). The Balaban J connectivity index is 2.11. The van der Waals surface area contributed by atoms with Crippen LogP contribution in [0.3, 0.4) is 0 Å². The summed E-state index contributed by atoms with van der Waals surface area (Å²) in [7, 11) is 0. The largest absolute Gasteiger partial charge is 0.354 e. The molecule has 0 aliphatic heterocycles. The number of carbonyl (C=O) groups is 2. The monoisotopic (exact) mass is 398 g/mol. The van der Waals surface area contributed by atoms with Crippen molar-refractivity contribution >= 4 is 11.8 Å². The van der Waals surface area contributed by atoms with Crippen molar-refractivity contribution in [3.8, 4) is 0 Å². The van der Waals surface area contributed by atoms with Gasteiger partial charge in [-0.1, -0.05) is 61.4 Å². The lowest BCUT2D eigenvalue weighted by atomic mass is 10.1. The van der Waals surface area contributed by atoms with Gasteiger partial charge in [0, 0.05) is 25.1 Å². The second-order valence-corrected chi connectivity index (χ2v) is 7.42. The lowest BCUT2D eigenvalue weighted by molar-refractivity contribution is -0.140. The van der Waals surface area contributed by atoms with Crippen molar-refractivity contribution < 1.29 is 14.0 Å². The average Bonchev–Trinajstić information content (AvgIpc) is 2.72. The van der Waals surface area contributed by atoms with Gasteiger partial charge < -0.3 is 10.2 Å². The van der Waals surface area contributed by atoms with Gasteiger partial charge in [0.2, 0.25) is 11.8 Å². The van der Waals surface area contributed by atoms with Crippen molar-refractivity contribution in [2.45, 2.75) is 59.0 Å². The zero-order valence-electron chi connectivity index (χ0n) is 17.6. The van der Waals surface area contributed by atoms with E-state index in [0.717, 1.165) is 18.4 Å². The van der Waals surface area contributed by atoms with Crippen LogP contribution in [0.5, 0.6) is 0 Å². The Hall–Kier alpha value is -2.69. The molecule has 0 bridgehead atoms. The molecule has 0 aliphatic rings. The second kappa shape index (κ2) is 11.3. The summed E-state index contributed by atoms with van der Waals surface area (Å²) >= 11 is 0. The van der Waals surface area contributed by atoms with Gasteiger partial charge in [-0.15, -0.1) is 0 Å². The molecule has 0 heterocycles. The fourth-order valence-electron chi connectivity index (χ4n) is 3.08. The summed E-state index contributed by atoms with van der Waals surface area (Å²) in [6, 6.07) is 13.7. The van der Waals surface area contributed by atoms with E-state index in [9.17, 15) is 14.0 Å². The van der Waals surface area contributed by atoms with E-state index < -0.39 is 6.04 Å². The number of carbonyl (C=O) groups excluding carboxylic acids is 2. The topological polar surface area (TPSA) is 49.4 Å². The van der Waals surface area contributed by atoms with E-state index in [1.807, 2.05) is 31.2 Å². The lowest BCUT2D eigenvalue weighted by Gasteiger charge is -2.29. The Kier molecular flexibility index (Phi) is 8.84. The van der Waals surface area contributed by atoms with Crippen molar-refractivity contribution in [1.82, 2.24) is 10.2 Å². The quantitative estimate of drug-likeness (QED) is 0.603. The zero-order chi connectivity index (χ0) is 21.2. The number of hydrogen-bond donors (Lipinski definition) is 1. The van der Waals surface area contributed by atoms with Crippen LogP contribution < -0.4 is 5.32 Å². The predicted octanol–water partition coefficient (Wildman–Crippen LogP) is 4.40. The molecule has 0 aromatic heterocycles. The third kappa shape index (κ3) is 7.00. The molecule has 0 saturated carbocycles. The van der Waals surface area contributed by atoms with E-state index in [4.69, 9.17) is 0 Å². The molecular weight excluding hydrogens is 367 g/mol. The van der Waals surface area contributed by atoms with Crippen molar-refractivity contribution in [3.63, 3.8) is 0 Å². The number of nitrogens with one attached hydrogen (secondary N) is 1. The molecule has 5 heteroatoms. The molecule has 1 N–H and O–H groups in total. The molecule has 0 fully saturated rings. The minimum Gasteiger partial charge on any atom is -0.354 e. The molecule has 0 spiro atoms. The summed E-state index contributed by atoms with van der Waals surface area (Å²) in [6.07, 6.45) is 2.71. The maximum Gasteiger partial charge on any atom is 0.242 e. The van der Waals surface area contributed by atoms with Gasteiger partial charge in [0.25, 0.3) is 0 Å². The van der Waals surface area contributed by atoms with Crippen LogP contribution in [0.4, 0.5) is 4.39 Å². The van der Waals surface area contributed by atoms with Crippen LogP contribution in [-0.4, -0.2) is 29.3 Å². The highest BCUT2D eigenvalue weighted by atomic mass is 19.1. The molecule has 1 atom stereocenters. The van der Waals surface area contributed by atoms with Gasteiger partial charge in [-0.25, -0.2) is 4.39 Å². The van der Waals surface area contributed by atoms with Crippen LogP contribution in [-0.2, 0) is 22.6 Å². The average molecular weight is 399 g/mol. The molecule has 29 heavy (non-hydrogen) atoms. The van der Waals surface area contributed by atoms with E-state index in [1.54, 1.807) is 25.1 Å². The molecule has 4 nitrogen and oxygen atoms in total. The zero-order valence-corrected chi connectivity index (χ0v) is 17.6. The van der Waals surface area contributed by atoms with Crippen molar-refractivity contribution in [2.24, 2.45) is 0 Å². The first-order valence-electron chi connectivity index (χ1n) is 10.3. The number of unbranched alkanes of at least 4 members (excludes halogenated alkanes) is 1. The molecule has 2 aromatic rings. The van der Waals surface area contributed by atoms with Gasteiger partial charge in [0.15, 0.2) is 0 Å². The smallest absolute Gasteiger partial charge is 0.242 e. The molecule has 0 unspecified atom stereocenters. The first-order valence-corrected chi connectivity index (χ1v) is 10.3. The standard InChI is InChI=1S/C24H31FN2O2/c1-4-5-16-26-24(29)19(3)27(17-21-8-6-7-9-22(21)25)23(28)15-14-20-12-10-18(2)11-13-20/h6-13,19H,4-5,14-17H2,1-3H3,(H,26,29)/t19-/m1/s1. The summed E-state index contributed by atoms with van der Waals surface area (Å²) in [6.45, 7) is 6.41. The summed E-state index contributed by atoms with van der Waals surface area (Å²) < 4.78 is 14.2. The Morgan fingerprint density at radius 2 is 1.79 bits per heavy atom. The first kappa shape index (κ1) is 22.6. The molecule has 156 valence electrons. The fourth-order valence-corrected chi connectivity index (χ4v) is 3.08. The van der Waals surface area contributed by atoms with E-state index in [0.29, 0.717) is 18.5 Å². The molecule has 2 aromatic carbocycles. The van der Waals surface area contributed by atoms with Crippen molar-refractivity contribution in [2.75, 3.05) is 6.54 Å². The van der Waals surface area contributed by atoms with Crippen LogP contribution in [0.15, 0.2) is 48.5 Å². The van der Waals surface area contributed by atoms with E-state index >= 15 is 0 Å². The van der Waals surface area contributed by atoms with E-state index in [-0.39, 0.29) is 30.6 Å². The Bertz CT molecular complexity index is 805. The van der Waals surface area contributed by atoms with Gasteiger partial charge in [-0.3, -0.25) is 9.59 Å². The van der Waals surface area contributed by atoms with Gasteiger partial charge >= 0.3 is 0 Å². The summed E-state index contributed by atoms with van der Waals surface area (Å²) in [5.74, 6) is -0.743. The number of nitrogens with zero attached hydrogens (tertiary/aromatic N) is 1. The van der Waals surface area contributed by atoms with Gasteiger partial charge in [0.05, 0.1) is 0 Å². The first-order chi connectivity index (χ1) is 13.9. The third-order valence-electron chi connectivity index (χ3n) is 5.04. The highest BCUT2D eigenvalue weighted by Crippen LogP contribution is 2.15. The summed E-state index contributed by atoms with van der Waals surface area (Å²) in [5, 5.41) is 2.87. The molecular formula is C24H31FN2O2. The number of aryl methyl sites for hydroxylation is 2. The number of hydrogen-bond acceptors (Lipinski definition) is 2. The highest BCUT2D eigenvalue weighted by Gasteiger charge is 2.26. The molecule has 2 amide bonds. The third-order valence-corrected chi connectivity index (χ3v) is 5.04. The minimum atomic E-state index is -0.669. The van der Waals surface area contributed by atoms with Crippen LogP contribution in [0.25, 0.3) is 0 Å². The SMILES string of the molecule is CCCCNC(=O)[C@@H](C)N(Cc1ccccc1F)C(=O)CCc1ccc(C)cc1. The van der Waals surface area contributed by atoms with Crippen LogP contribution in [0.2, 0.25) is 0 Å². The minimum absolute atomic E-state index is 0.0712. The second-order valence-electron chi connectivity index (χ2n) is 7.42. The van der Waals surface area contributed by atoms with Gasteiger partial charge in [-0.05, 0) is 38.3 Å². The molecule has 0 aliphatic carbocycles. The van der Waals surface area contributed by atoms with E-state index in [2.05, 4.69) is 12.2 Å². The normalized spacial score (nSPS) is 11.7. The number of rotatable bonds is 10. The Labute approximate surface area is 173 Å². The maximum absolute atomic E-state index is 14.2. The lowest BCUT2D eigenvalue weighted by Crippen LogP contribution is -2.48. The number of amides is 2. The van der Waals surface area contributed by atoms with Crippen LogP contribution in [0, 0.1) is 12.7 Å². The van der Waals surface area contributed by atoms with Crippen molar-refractivity contribution in [1.29, 1.82) is 0 Å². The number of halogens is 1. The van der Waals surface area contributed by atoms with Crippen LogP contribution >= 0.6 is 0 Å². The van der Waals surface area contributed by atoms with Gasteiger partial charge in [0.1, 0.15) is 11.9 Å². The Morgan fingerprint density at radius 1 is 1.10 bits per heavy atom.